The van der Waals surface area contributed by atoms with E-state index in [1.807, 2.05) is 0 Å². The molecule has 0 heterocycles. The molecular weight excluding hydrogens is 180 g/mol. The Kier molecular flexibility index (Phi) is 3.17. The van der Waals surface area contributed by atoms with Crippen molar-refractivity contribution in [3.63, 3.8) is 0 Å². The molecule has 0 aromatic heterocycles. The zero-order valence-electron chi connectivity index (χ0n) is 9.05. The monoisotopic (exact) mass is 200 g/mol. The molecule has 1 aliphatic carbocycles. The first kappa shape index (κ1) is 10.8. The van der Waals surface area contributed by atoms with E-state index in [1.165, 1.54) is 19.3 Å². The summed E-state index contributed by atoms with van der Waals surface area (Å²) in [7, 11) is 2.09. The average molecular weight is 200 g/mol. The zero-order chi connectivity index (χ0) is 10.1. The van der Waals surface area contributed by atoms with E-state index in [9.17, 15) is 0 Å². The summed E-state index contributed by atoms with van der Waals surface area (Å²) >= 11 is 5.32. The molecule has 0 bridgehead atoms. The molecule has 0 amide bonds. The average Bonchev–Trinajstić information content (AvgIpc) is 1.78. The van der Waals surface area contributed by atoms with E-state index in [1.54, 1.807) is 0 Å². The number of hydrogen-bond donors (Lipinski definition) is 1. The lowest BCUT2D eigenvalue weighted by Gasteiger charge is -2.38. The van der Waals surface area contributed by atoms with Crippen LogP contribution >= 0.6 is 12.2 Å². The molecule has 76 valence electrons. The second-order valence-electron chi connectivity index (χ2n) is 4.88. The van der Waals surface area contributed by atoms with Gasteiger partial charge in [0.05, 0.1) is 0 Å². The first-order chi connectivity index (χ1) is 5.90. The molecule has 0 radical (unpaired) electrons. The molecule has 13 heavy (non-hydrogen) atoms. The molecule has 0 spiro atoms. The van der Waals surface area contributed by atoms with Crippen molar-refractivity contribution in [2.45, 2.75) is 51.6 Å². The number of nitrogens with one attached hydrogen (secondary N) is 1. The molecule has 1 fully saturated rings. The van der Waals surface area contributed by atoms with Gasteiger partial charge in [0.2, 0.25) is 0 Å². The SMILES string of the molecule is CN(C(=S)NC(C)(C)C)C1CCC1. The molecule has 0 saturated heterocycles. The highest BCUT2D eigenvalue weighted by atomic mass is 32.1. The quantitative estimate of drug-likeness (QED) is 0.653. The molecule has 1 saturated carbocycles. The van der Waals surface area contributed by atoms with Crippen molar-refractivity contribution in [1.82, 2.24) is 10.2 Å². The minimum atomic E-state index is 0.0785. The maximum atomic E-state index is 5.32. The van der Waals surface area contributed by atoms with Crippen molar-refractivity contribution < 1.29 is 0 Å². The second-order valence-corrected chi connectivity index (χ2v) is 5.26. The summed E-state index contributed by atoms with van der Waals surface area (Å²) < 4.78 is 0. The summed E-state index contributed by atoms with van der Waals surface area (Å²) in [6.07, 6.45) is 3.94. The molecule has 0 aliphatic heterocycles. The van der Waals surface area contributed by atoms with Gasteiger partial charge in [-0.25, -0.2) is 0 Å². The van der Waals surface area contributed by atoms with Gasteiger partial charge >= 0.3 is 0 Å². The van der Waals surface area contributed by atoms with Gasteiger partial charge in [-0.15, -0.1) is 0 Å². The van der Waals surface area contributed by atoms with Crippen LogP contribution in [-0.4, -0.2) is 28.6 Å². The van der Waals surface area contributed by atoms with Gasteiger partial charge < -0.3 is 10.2 Å². The summed E-state index contributed by atoms with van der Waals surface area (Å²) in [4.78, 5) is 2.20. The number of nitrogens with zero attached hydrogens (tertiary/aromatic N) is 1. The normalized spacial score (nSPS) is 17.8. The predicted molar refractivity (Wildman–Crippen MR) is 60.9 cm³/mol. The van der Waals surface area contributed by atoms with Crippen molar-refractivity contribution in [2.24, 2.45) is 0 Å². The number of rotatable bonds is 1. The van der Waals surface area contributed by atoms with Gasteiger partial charge in [-0.2, -0.15) is 0 Å². The van der Waals surface area contributed by atoms with E-state index < -0.39 is 0 Å². The van der Waals surface area contributed by atoms with E-state index in [0.717, 1.165) is 5.11 Å². The van der Waals surface area contributed by atoms with Crippen molar-refractivity contribution >= 4 is 17.3 Å². The van der Waals surface area contributed by atoms with E-state index in [-0.39, 0.29) is 5.54 Å². The summed E-state index contributed by atoms with van der Waals surface area (Å²) in [6, 6.07) is 0.683. The molecule has 0 aromatic carbocycles. The maximum Gasteiger partial charge on any atom is 0.169 e. The molecule has 1 rings (SSSR count). The van der Waals surface area contributed by atoms with Crippen molar-refractivity contribution in [2.75, 3.05) is 7.05 Å². The van der Waals surface area contributed by atoms with Crippen LogP contribution in [0, 0.1) is 0 Å². The Labute approximate surface area is 86.7 Å². The molecule has 0 aromatic rings. The first-order valence-corrected chi connectivity index (χ1v) is 5.36. The summed E-state index contributed by atoms with van der Waals surface area (Å²) in [6.45, 7) is 6.40. The fourth-order valence-corrected chi connectivity index (χ4v) is 1.80. The van der Waals surface area contributed by atoms with Gasteiger partial charge in [-0.3, -0.25) is 0 Å². The Morgan fingerprint density at radius 3 is 2.23 bits per heavy atom. The zero-order valence-corrected chi connectivity index (χ0v) is 9.87. The highest BCUT2D eigenvalue weighted by molar-refractivity contribution is 7.80. The maximum absolute atomic E-state index is 5.32. The first-order valence-electron chi connectivity index (χ1n) is 4.95. The van der Waals surface area contributed by atoms with Crippen molar-refractivity contribution in [3.05, 3.63) is 0 Å². The minimum Gasteiger partial charge on any atom is -0.358 e. The van der Waals surface area contributed by atoms with Crippen LogP contribution in [0.4, 0.5) is 0 Å². The number of thiocarbonyl (C=S) groups is 1. The standard InChI is InChI=1S/C10H20N2S/c1-10(2,3)11-9(13)12(4)8-6-5-7-8/h8H,5-7H2,1-4H3,(H,11,13). The third kappa shape index (κ3) is 3.14. The summed E-state index contributed by atoms with van der Waals surface area (Å²) in [5, 5.41) is 4.21. The van der Waals surface area contributed by atoms with Crippen LogP contribution in [0.2, 0.25) is 0 Å². The second kappa shape index (κ2) is 3.82. The van der Waals surface area contributed by atoms with Crippen LogP contribution in [0.25, 0.3) is 0 Å². The molecule has 2 nitrogen and oxygen atoms in total. The van der Waals surface area contributed by atoms with Gasteiger partial charge in [0, 0.05) is 18.6 Å². The molecule has 3 heteroatoms. The van der Waals surface area contributed by atoms with Crippen LogP contribution in [0.5, 0.6) is 0 Å². The van der Waals surface area contributed by atoms with Gasteiger partial charge in [0.15, 0.2) is 5.11 Å². The van der Waals surface area contributed by atoms with Gasteiger partial charge in [0.25, 0.3) is 0 Å². The third-order valence-electron chi connectivity index (χ3n) is 2.42. The Morgan fingerprint density at radius 2 is 1.92 bits per heavy atom. The fourth-order valence-electron chi connectivity index (χ4n) is 1.35. The van der Waals surface area contributed by atoms with E-state index in [4.69, 9.17) is 12.2 Å². The lowest BCUT2D eigenvalue weighted by Crippen LogP contribution is -2.51. The minimum absolute atomic E-state index is 0.0785. The Morgan fingerprint density at radius 1 is 1.38 bits per heavy atom. The largest absolute Gasteiger partial charge is 0.358 e. The fraction of sp³-hybridized carbons (Fsp3) is 0.900. The molecular formula is C10H20N2S. The lowest BCUT2D eigenvalue weighted by atomic mass is 9.92. The lowest BCUT2D eigenvalue weighted by molar-refractivity contribution is 0.234. The van der Waals surface area contributed by atoms with E-state index >= 15 is 0 Å². The molecule has 1 N–H and O–H groups in total. The molecule has 1 aliphatic rings. The Hall–Kier alpha value is -0.310. The Balaban J connectivity index is 2.38. The van der Waals surface area contributed by atoms with Crippen LogP contribution in [0.3, 0.4) is 0 Å². The van der Waals surface area contributed by atoms with Crippen LogP contribution in [0.1, 0.15) is 40.0 Å². The van der Waals surface area contributed by atoms with Crippen LogP contribution in [-0.2, 0) is 0 Å². The van der Waals surface area contributed by atoms with Crippen molar-refractivity contribution in [3.8, 4) is 0 Å². The topological polar surface area (TPSA) is 15.3 Å². The van der Waals surface area contributed by atoms with Gasteiger partial charge in [-0.05, 0) is 52.3 Å². The van der Waals surface area contributed by atoms with E-state index in [0.29, 0.717) is 6.04 Å². The predicted octanol–water partition coefficient (Wildman–Crippen LogP) is 2.14. The summed E-state index contributed by atoms with van der Waals surface area (Å²) in [5.74, 6) is 0. The third-order valence-corrected chi connectivity index (χ3v) is 2.81. The van der Waals surface area contributed by atoms with Crippen LogP contribution in [0.15, 0.2) is 0 Å². The highest BCUT2D eigenvalue weighted by Gasteiger charge is 2.25. The van der Waals surface area contributed by atoms with Gasteiger partial charge in [-0.1, -0.05) is 0 Å². The van der Waals surface area contributed by atoms with Gasteiger partial charge in [0.1, 0.15) is 0 Å². The Bertz CT molecular complexity index is 192. The van der Waals surface area contributed by atoms with Crippen molar-refractivity contribution in [1.29, 1.82) is 0 Å². The smallest absolute Gasteiger partial charge is 0.169 e. The van der Waals surface area contributed by atoms with Crippen LogP contribution < -0.4 is 5.32 Å². The summed E-state index contributed by atoms with van der Waals surface area (Å²) in [5.41, 5.74) is 0.0785. The molecule has 0 unspecified atom stereocenters. The molecule has 0 atom stereocenters. The highest BCUT2D eigenvalue weighted by Crippen LogP contribution is 2.23. The number of hydrogen-bond acceptors (Lipinski definition) is 1. The van der Waals surface area contributed by atoms with E-state index in [2.05, 4.69) is 38.0 Å².